The Hall–Kier alpha value is -3.02. The van der Waals surface area contributed by atoms with E-state index in [9.17, 15) is 9.59 Å². The quantitative estimate of drug-likeness (QED) is 0.701. The highest BCUT2D eigenvalue weighted by Crippen LogP contribution is 2.20. The van der Waals surface area contributed by atoms with Crippen molar-refractivity contribution < 1.29 is 19.1 Å². The monoisotopic (exact) mass is 410 g/mol. The van der Waals surface area contributed by atoms with E-state index < -0.39 is 0 Å². The minimum absolute atomic E-state index is 0.0264. The second-order valence-electron chi connectivity index (χ2n) is 7.68. The number of carbonyl (C=O) groups is 2. The van der Waals surface area contributed by atoms with Gasteiger partial charge in [-0.1, -0.05) is 37.1 Å². The Bertz CT molecular complexity index is 762. The van der Waals surface area contributed by atoms with Gasteiger partial charge in [-0.05, 0) is 48.2 Å². The maximum Gasteiger partial charge on any atom is 0.224 e. The summed E-state index contributed by atoms with van der Waals surface area (Å²) in [7, 11) is 3.24. The van der Waals surface area contributed by atoms with Gasteiger partial charge in [-0.15, -0.1) is 0 Å². The van der Waals surface area contributed by atoms with Gasteiger partial charge in [0.25, 0.3) is 0 Å². The summed E-state index contributed by atoms with van der Waals surface area (Å²) < 4.78 is 10.3. The largest absolute Gasteiger partial charge is 0.497 e. The molecule has 2 atom stereocenters. The van der Waals surface area contributed by atoms with Gasteiger partial charge in [-0.3, -0.25) is 9.59 Å². The number of rotatable bonds is 8. The van der Waals surface area contributed by atoms with E-state index in [-0.39, 0.29) is 23.9 Å². The standard InChI is InChI=1S/C24H30N2O4/c1-29-19-11-7-17(8-12-19)15-23(27)25-21-5-3-4-6-22(21)26-24(28)16-18-9-13-20(30-2)14-10-18/h7-14,21-22H,3-6,15-16H2,1-2H3,(H,25,27)(H,26,28)/t21-,22-/m1/s1. The van der Waals surface area contributed by atoms with Crippen LogP contribution in [0.1, 0.15) is 36.8 Å². The molecule has 1 fully saturated rings. The van der Waals surface area contributed by atoms with Crippen LogP contribution in [0, 0.1) is 0 Å². The molecule has 0 saturated heterocycles. The predicted octanol–water partition coefficient (Wildman–Crippen LogP) is 3.03. The number of ether oxygens (including phenoxy) is 2. The van der Waals surface area contributed by atoms with Crippen LogP contribution < -0.4 is 20.1 Å². The number of carbonyl (C=O) groups excluding carboxylic acids is 2. The lowest BCUT2D eigenvalue weighted by Gasteiger charge is -2.33. The van der Waals surface area contributed by atoms with Crippen molar-refractivity contribution >= 4 is 11.8 Å². The van der Waals surface area contributed by atoms with Crippen molar-refractivity contribution in [3.05, 3.63) is 59.7 Å². The molecule has 2 aromatic carbocycles. The minimum atomic E-state index is -0.0377. The molecule has 0 aromatic heterocycles. The van der Waals surface area contributed by atoms with Crippen LogP contribution in [-0.4, -0.2) is 38.1 Å². The topological polar surface area (TPSA) is 76.7 Å². The first kappa shape index (κ1) is 21.7. The van der Waals surface area contributed by atoms with E-state index in [0.717, 1.165) is 48.3 Å². The van der Waals surface area contributed by atoms with Crippen LogP contribution in [0.3, 0.4) is 0 Å². The fraction of sp³-hybridized carbons (Fsp3) is 0.417. The van der Waals surface area contributed by atoms with Gasteiger partial charge in [-0.25, -0.2) is 0 Å². The van der Waals surface area contributed by atoms with Crippen molar-refractivity contribution in [3.8, 4) is 11.5 Å². The molecule has 2 N–H and O–H groups in total. The smallest absolute Gasteiger partial charge is 0.224 e. The molecule has 1 aliphatic carbocycles. The zero-order valence-electron chi connectivity index (χ0n) is 17.6. The average Bonchev–Trinajstić information content (AvgIpc) is 2.76. The molecule has 0 radical (unpaired) electrons. The third-order valence-corrected chi connectivity index (χ3v) is 5.51. The van der Waals surface area contributed by atoms with Gasteiger partial charge in [-0.2, -0.15) is 0 Å². The second-order valence-corrected chi connectivity index (χ2v) is 7.68. The van der Waals surface area contributed by atoms with E-state index >= 15 is 0 Å². The lowest BCUT2D eigenvalue weighted by atomic mass is 9.89. The van der Waals surface area contributed by atoms with Gasteiger partial charge in [0.2, 0.25) is 11.8 Å². The predicted molar refractivity (Wildman–Crippen MR) is 116 cm³/mol. The number of hydrogen-bond acceptors (Lipinski definition) is 4. The van der Waals surface area contributed by atoms with E-state index in [0.29, 0.717) is 12.8 Å². The number of methoxy groups -OCH3 is 2. The van der Waals surface area contributed by atoms with Crippen molar-refractivity contribution in [2.75, 3.05) is 14.2 Å². The Morgan fingerprint density at radius 3 is 1.43 bits per heavy atom. The van der Waals surface area contributed by atoms with Gasteiger partial charge in [0.1, 0.15) is 11.5 Å². The fourth-order valence-electron chi connectivity index (χ4n) is 3.85. The van der Waals surface area contributed by atoms with Crippen LogP contribution >= 0.6 is 0 Å². The molecular weight excluding hydrogens is 380 g/mol. The first-order valence-corrected chi connectivity index (χ1v) is 10.4. The van der Waals surface area contributed by atoms with Crippen LogP contribution in [0.15, 0.2) is 48.5 Å². The summed E-state index contributed by atoms with van der Waals surface area (Å²) in [4.78, 5) is 25.1. The average molecular weight is 411 g/mol. The molecule has 0 bridgehead atoms. The van der Waals surface area contributed by atoms with Gasteiger partial charge in [0.05, 0.1) is 27.1 Å². The molecule has 30 heavy (non-hydrogen) atoms. The third-order valence-electron chi connectivity index (χ3n) is 5.51. The van der Waals surface area contributed by atoms with Gasteiger partial charge >= 0.3 is 0 Å². The van der Waals surface area contributed by atoms with E-state index in [1.54, 1.807) is 14.2 Å². The fourth-order valence-corrected chi connectivity index (χ4v) is 3.85. The highest BCUT2D eigenvalue weighted by molar-refractivity contribution is 5.80. The zero-order chi connectivity index (χ0) is 21.3. The molecule has 0 aliphatic heterocycles. The molecule has 0 unspecified atom stereocenters. The second kappa shape index (κ2) is 10.7. The van der Waals surface area contributed by atoms with E-state index in [1.165, 1.54) is 0 Å². The Morgan fingerprint density at radius 2 is 1.10 bits per heavy atom. The highest BCUT2D eigenvalue weighted by atomic mass is 16.5. The van der Waals surface area contributed by atoms with E-state index in [1.807, 2.05) is 48.5 Å². The Labute approximate surface area is 178 Å². The van der Waals surface area contributed by atoms with Crippen LogP contribution in [0.25, 0.3) is 0 Å². The van der Waals surface area contributed by atoms with E-state index in [2.05, 4.69) is 10.6 Å². The number of amides is 2. The summed E-state index contributed by atoms with van der Waals surface area (Å²) in [5.41, 5.74) is 1.87. The van der Waals surface area contributed by atoms with Crippen molar-refractivity contribution in [1.82, 2.24) is 10.6 Å². The molecule has 3 rings (SSSR count). The first-order chi connectivity index (χ1) is 14.6. The van der Waals surface area contributed by atoms with Crippen molar-refractivity contribution in [1.29, 1.82) is 0 Å². The van der Waals surface area contributed by atoms with Crippen LogP contribution in [0.4, 0.5) is 0 Å². The lowest BCUT2D eigenvalue weighted by Crippen LogP contribution is -2.53. The maximum atomic E-state index is 12.6. The van der Waals surface area contributed by atoms with E-state index in [4.69, 9.17) is 9.47 Å². The summed E-state index contributed by atoms with van der Waals surface area (Å²) in [6.07, 6.45) is 4.49. The third kappa shape index (κ3) is 6.24. The summed E-state index contributed by atoms with van der Waals surface area (Å²) >= 11 is 0. The number of nitrogens with one attached hydrogen (secondary N) is 2. The van der Waals surface area contributed by atoms with Crippen molar-refractivity contribution in [2.24, 2.45) is 0 Å². The first-order valence-electron chi connectivity index (χ1n) is 10.4. The molecule has 0 heterocycles. The zero-order valence-corrected chi connectivity index (χ0v) is 17.6. The maximum absolute atomic E-state index is 12.6. The molecule has 160 valence electrons. The Balaban J connectivity index is 1.52. The molecule has 0 spiro atoms. The van der Waals surface area contributed by atoms with Gasteiger partial charge in [0.15, 0.2) is 0 Å². The summed E-state index contributed by atoms with van der Waals surface area (Å²) in [6.45, 7) is 0. The molecule has 6 heteroatoms. The Kier molecular flexibility index (Phi) is 7.71. The molecule has 1 aliphatic rings. The molecule has 1 saturated carbocycles. The van der Waals surface area contributed by atoms with Crippen molar-refractivity contribution in [2.45, 2.75) is 50.6 Å². The lowest BCUT2D eigenvalue weighted by molar-refractivity contribution is -0.124. The summed E-state index contributed by atoms with van der Waals surface area (Å²) in [5, 5.41) is 6.26. The molecule has 2 amide bonds. The van der Waals surface area contributed by atoms with Crippen LogP contribution in [0.2, 0.25) is 0 Å². The molecule has 2 aromatic rings. The molecular formula is C24H30N2O4. The Morgan fingerprint density at radius 1 is 0.733 bits per heavy atom. The normalized spacial score (nSPS) is 18.3. The number of hydrogen-bond donors (Lipinski definition) is 2. The highest BCUT2D eigenvalue weighted by Gasteiger charge is 2.27. The van der Waals surface area contributed by atoms with Crippen molar-refractivity contribution in [3.63, 3.8) is 0 Å². The van der Waals surface area contributed by atoms with Crippen LogP contribution in [0.5, 0.6) is 11.5 Å². The minimum Gasteiger partial charge on any atom is -0.497 e. The van der Waals surface area contributed by atoms with Gasteiger partial charge < -0.3 is 20.1 Å². The van der Waals surface area contributed by atoms with Crippen LogP contribution in [-0.2, 0) is 22.4 Å². The summed E-state index contributed by atoms with van der Waals surface area (Å²) in [5.74, 6) is 1.49. The SMILES string of the molecule is COc1ccc(CC(=O)N[C@@H]2CCCC[C@H]2NC(=O)Cc2ccc(OC)cc2)cc1. The summed E-state index contributed by atoms with van der Waals surface area (Å²) in [6, 6.07) is 14.9. The number of benzene rings is 2. The van der Waals surface area contributed by atoms with Gasteiger partial charge in [0, 0.05) is 12.1 Å². The molecule has 6 nitrogen and oxygen atoms in total.